The molecule has 8 heteroatoms. The second-order valence-electron chi connectivity index (χ2n) is 6.19. The zero-order chi connectivity index (χ0) is 20.4. The van der Waals surface area contributed by atoms with Gasteiger partial charge in [0.05, 0.1) is 24.5 Å². The standard InChI is InChI=1S/C21H17N3O4S/c1-27-15-7-4-14(5-8-15)22-19-18(29-21(26)24-19)10-13-9-12-3-6-16(28-2)11-17(12)23-20(13)25/h3-11,22H,1-2H3,(H,24,26)/b13-10-. The average molecular weight is 407 g/mol. The van der Waals surface area contributed by atoms with Gasteiger partial charge in [-0.3, -0.25) is 14.6 Å². The number of methoxy groups -OCH3 is 2. The molecule has 0 saturated heterocycles. The highest BCUT2D eigenvalue weighted by molar-refractivity contribution is 7.10. The lowest BCUT2D eigenvalue weighted by Crippen LogP contribution is -2.30. The van der Waals surface area contributed by atoms with Crippen LogP contribution in [0.15, 0.2) is 57.8 Å². The number of nitrogens with one attached hydrogen (secondary N) is 2. The van der Waals surface area contributed by atoms with Crippen LogP contribution in [0.1, 0.15) is 4.88 Å². The van der Waals surface area contributed by atoms with Gasteiger partial charge in [-0.25, -0.2) is 4.99 Å². The molecule has 0 fully saturated rings. The lowest BCUT2D eigenvalue weighted by atomic mass is 10.1. The van der Waals surface area contributed by atoms with Gasteiger partial charge in [0.1, 0.15) is 17.3 Å². The number of carbonyl (C=O) groups is 1. The van der Waals surface area contributed by atoms with E-state index in [-0.39, 0.29) is 10.8 Å². The van der Waals surface area contributed by atoms with Crippen molar-refractivity contribution in [1.82, 2.24) is 4.98 Å². The number of thiazole rings is 1. The van der Waals surface area contributed by atoms with Crippen molar-refractivity contribution in [3.63, 3.8) is 0 Å². The second kappa shape index (κ2) is 7.76. The van der Waals surface area contributed by atoms with Gasteiger partial charge >= 0.3 is 4.87 Å². The molecule has 29 heavy (non-hydrogen) atoms. The number of nitrogens with zero attached hydrogens (tertiary/aromatic N) is 1. The quantitative estimate of drug-likeness (QED) is 0.633. The van der Waals surface area contributed by atoms with Crippen LogP contribution in [0.3, 0.4) is 0 Å². The van der Waals surface area contributed by atoms with E-state index in [2.05, 4.69) is 15.3 Å². The first-order valence-corrected chi connectivity index (χ1v) is 9.52. The Labute approximate surface area is 169 Å². The Morgan fingerprint density at radius 2 is 1.76 bits per heavy atom. The molecule has 7 nitrogen and oxygen atoms in total. The maximum absolute atomic E-state index is 12.5. The molecule has 0 saturated carbocycles. The molecule has 1 aromatic heterocycles. The number of amides is 1. The van der Waals surface area contributed by atoms with Gasteiger partial charge in [0, 0.05) is 22.5 Å². The monoisotopic (exact) mass is 407 g/mol. The van der Waals surface area contributed by atoms with E-state index < -0.39 is 0 Å². The predicted octanol–water partition coefficient (Wildman–Crippen LogP) is 2.22. The van der Waals surface area contributed by atoms with Crippen LogP contribution in [0.5, 0.6) is 11.5 Å². The van der Waals surface area contributed by atoms with E-state index in [0.29, 0.717) is 27.4 Å². The van der Waals surface area contributed by atoms with Crippen molar-refractivity contribution in [3.8, 4) is 11.5 Å². The molecule has 4 rings (SSSR count). The molecule has 1 amide bonds. The van der Waals surface area contributed by atoms with E-state index in [9.17, 15) is 9.59 Å². The molecule has 2 N–H and O–H groups in total. The molecular weight excluding hydrogens is 390 g/mol. The fraction of sp³-hybridized carbons (Fsp3) is 0.0952. The number of hydrogen-bond acceptors (Lipinski definition) is 6. The molecular formula is C21H17N3O4S. The third-order valence-electron chi connectivity index (χ3n) is 4.34. The third kappa shape index (κ3) is 3.97. The molecule has 0 atom stereocenters. The minimum absolute atomic E-state index is 0.224. The van der Waals surface area contributed by atoms with Gasteiger partial charge in [-0.05, 0) is 48.6 Å². The van der Waals surface area contributed by atoms with E-state index in [1.165, 1.54) is 0 Å². The molecule has 0 radical (unpaired) electrons. The Morgan fingerprint density at radius 3 is 2.48 bits per heavy atom. The van der Waals surface area contributed by atoms with E-state index in [1.807, 2.05) is 36.4 Å². The summed E-state index contributed by atoms with van der Waals surface area (Å²) in [4.78, 5) is 31.7. The van der Waals surface area contributed by atoms with Gasteiger partial charge in [-0.1, -0.05) is 11.3 Å². The van der Waals surface area contributed by atoms with Crippen LogP contribution >= 0.6 is 11.3 Å². The number of aromatic nitrogens is 1. The summed E-state index contributed by atoms with van der Waals surface area (Å²) in [6, 6.07) is 12.7. The Kier molecular flexibility index (Phi) is 5.01. The topological polar surface area (TPSA) is 92.8 Å². The van der Waals surface area contributed by atoms with Gasteiger partial charge in [0.2, 0.25) is 0 Å². The molecule has 0 aliphatic carbocycles. The summed E-state index contributed by atoms with van der Waals surface area (Å²) in [7, 11) is 3.16. The molecule has 1 aliphatic heterocycles. The highest BCUT2D eigenvalue weighted by Crippen LogP contribution is 2.25. The number of fused-ring (bicyclic) bond motifs is 1. The normalized spacial score (nSPS) is 14.0. The molecule has 3 aromatic rings. The zero-order valence-corrected chi connectivity index (χ0v) is 16.5. The first kappa shape index (κ1) is 18.7. The number of rotatable bonds is 5. The van der Waals surface area contributed by atoms with E-state index in [4.69, 9.17) is 9.47 Å². The summed E-state index contributed by atoms with van der Waals surface area (Å²) >= 11 is 1.02. The first-order chi connectivity index (χ1) is 14.1. The second-order valence-corrected chi connectivity index (χ2v) is 7.21. The Balaban J connectivity index is 1.70. The molecule has 2 aromatic carbocycles. The maximum atomic E-state index is 12.5. The van der Waals surface area contributed by atoms with Crippen LogP contribution in [0, 0.1) is 0 Å². The number of anilines is 2. The van der Waals surface area contributed by atoms with E-state index >= 15 is 0 Å². The van der Waals surface area contributed by atoms with Crippen molar-refractivity contribution >= 4 is 40.9 Å². The van der Waals surface area contributed by atoms with Crippen molar-refractivity contribution in [1.29, 1.82) is 0 Å². The summed E-state index contributed by atoms with van der Waals surface area (Å²) in [5.74, 6) is 1.51. The molecule has 0 unspecified atom stereocenters. The number of hydrogen-bond donors (Lipinski definition) is 2. The number of carbonyl (C=O) groups excluding carboxylic acids is 1. The highest BCUT2D eigenvalue weighted by atomic mass is 32.1. The minimum Gasteiger partial charge on any atom is -0.497 e. The molecule has 146 valence electrons. The van der Waals surface area contributed by atoms with Crippen molar-refractivity contribution in [2.45, 2.75) is 0 Å². The first-order valence-electron chi connectivity index (χ1n) is 8.70. The minimum atomic E-state index is -0.373. The predicted molar refractivity (Wildman–Crippen MR) is 112 cm³/mol. The zero-order valence-electron chi connectivity index (χ0n) is 15.7. The van der Waals surface area contributed by atoms with Crippen molar-refractivity contribution < 1.29 is 14.3 Å². The molecule has 0 spiro atoms. The van der Waals surface area contributed by atoms with E-state index in [1.54, 1.807) is 32.4 Å². The molecule has 2 heterocycles. The largest absolute Gasteiger partial charge is 0.497 e. The van der Waals surface area contributed by atoms with E-state index in [0.717, 1.165) is 28.0 Å². The van der Waals surface area contributed by atoms with Gasteiger partial charge in [0.25, 0.3) is 5.91 Å². The van der Waals surface area contributed by atoms with Gasteiger partial charge in [0.15, 0.2) is 0 Å². The van der Waals surface area contributed by atoms with Gasteiger partial charge in [-0.15, -0.1) is 0 Å². The lowest BCUT2D eigenvalue weighted by molar-refractivity contribution is -0.114. The SMILES string of the molecule is COc1ccc(Nc2[nH]c(=O)sc2/C=C2/C=c3ccc(OC)cc3=NC2=O)cc1. The van der Waals surface area contributed by atoms with Crippen molar-refractivity contribution in [2.24, 2.45) is 4.99 Å². The van der Waals surface area contributed by atoms with Crippen LogP contribution in [0.4, 0.5) is 11.5 Å². The van der Waals surface area contributed by atoms with Crippen LogP contribution < -0.4 is 30.2 Å². The maximum Gasteiger partial charge on any atom is 0.306 e. The summed E-state index contributed by atoms with van der Waals surface area (Å²) in [6.07, 6.45) is 3.42. The van der Waals surface area contributed by atoms with Crippen LogP contribution in [-0.4, -0.2) is 25.1 Å². The van der Waals surface area contributed by atoms with Gasteiger partial charge < -0.3 is 14.8 Å². The summed E-state index contributed by atoms with van der Waals surface area (Å²) < 4.78 is 10.3. The number of benzene rings is 2. The Hall–Kier alpha value is -3.65. The Bertz CT molecular complexity index is 1290. The summed E-state index contributed by atoms with van der Waals surface area (Å²) in [5, 5.41) is 4.54. The van der Waals surface area contributed by atoms with Crippen LogP contribution in [-0.2, 0) is 4.79 Å². The van der Waals surface area contributed by atoms with Crippen LogP contribution in [0.2, 0.25) is 0 Å². The van der Waals surface area contributed by atoms with Crippen molar-refractivity contribution in [3.05, 3.63) is 73.2 Å². The summed E-state index contributed by atoms with van der Waals surface area (Å²) in [6.45, 7) is 0. The highest BCUT2D eigenvalue weighted by Gasteiger charge is 2.14. The number of aromatic amines is 1. The smallest absolute Gasteiger partial charge is 0.306 e. The summed E-state index contributed by atoms with van der Waals surface area (Å²) in [5.41, 5.74) is 1.18. The fourth-order valence-electron chi connectivity index (χ4n) is 2.87. The third-order valence-corrected chi connectivity index (χ3v) is 5.17. The van der Waals surface area contributed by atoms with Crippen molar-refractivity contribution in [2.75, 3.05) is 19.5 Å². The number of ether oxygens (including phenoxy) is 2. The lowest BCUT2D eigenvalue weighted by Gasteiger charge is -2.07. The molecule has 1 aliphatic rings. The average Bonchev–Trinajstić information content (AvgIpc) is 3.07. The van der Waals surface area contributed by atoms with Gasteiger partial charge in [-0.2, -0.15) is 0 Å². The van der Waals surface area contributed by atoms with Crippen LogP contribution in [0.25, 0.3) is 12.2 Å². The fourth-order valence-corrected chi connectivity index (χ4v) is 3.61. The molecule has 0 bridgehead atoms. The number of H-pyrrole nitrogens is 1. The Morgan fingerprint density at radius 1 is 1.03 bits per heavy atom.